The predicted molar refractivity (Wildman–Crippen MR) is 124 cm³/mol. The Bertz CT molecular complexity index is 1050. The van der Waals surface area contributed by atoms with Crippen LogP contribution in [0.5, 0.6) is 0 Å². The van der Waals surface area contributed by atoms with Crippen LogP contribution in [0.2, 0.25) is 5.02 Å². The predicted octanol–water partition coefficient (Wildman–Crippen LogP) is 4.67. The molecule has 4 rings (SSSR count). The molecule has 1 amide bonds. The van der Waals surface area contributed by atoms with Crippen molar-refractivity contribution < 1.29 is 9.18 Å². The maximum absolute atomic E-state index is 13.1. The maximum Gasteiger partial charge on any atom is 0.238 e. The number of piperazine rings is 1. The second kappa shape index (κ2) is 9.87. The lowest BCUT2D eigenvalue weighted by molar-refractivity contribution is -0.117. The number of thiazole rings is 1. The van der Waals surface area contributed by atoms with E-state index in [1.165, 1.54) is 12.1 Å². The summed E-state index contributed by atoms with van der Waals surface area (Å²) in [6.07, 6.45) is 0. The molecule has 1 saturated heterocycles. The van der Waals surface area contributed by atoms with Gasteiger partial charge in [-0.3, -0.25) is 14.6 Å². The summed E-state index contributed by atoms with van der Waals surface area (Å²) in [6, 6.07) is 12.0. The zero-order valence-electron chi connectivity index (χ0n) is 17.3. The van der Waals surface area contributed by atoms with Gasteiger partial charge < -0.3 is 5.32 Å². The zero-order chi connectivity index (χ0) is 21.8. The Hall–Kier alpha value is -2.32. The van der Waals surface area contributed by atoms with Crippen LogP contribution in [0.25, 0.3) is 11.3 Å². The van der Waals surface area contributed by atoms with Gasteiger partial charge in [0.25, 0.3) is 0 Å². The Kier molecular flexibility index (Phi) is 6.97. The summed E-state index contributed by atoms with van der Waals surface area (Å²) < 4.78 is 13.1. The maximum atomic E-state index is 13.1. The van der Waals surface area contributed by atoms with Crippen molar-refractivity contribution in [2.24, 2.45) is 0 Å². The van der Waals surface area contributed by atoms with E-state index in [0.717, 1.165) is 60.2 Å². The number of hydrogen-bond acceptors (Lipinski definition) is 5. The van der Waals surface area contributed by atoms with Gasteiger partial charge in [-0.05, 0) is 48.9 Å². The van der Waals surface area contributed by atoms with Crippen molar-refractivity contribution >= 4 is 34.5 Å². The number of benzene rings is 2. The zero-order valence-corrected chi connectivity index (χ0v) is 18.8. The third-order valence-electron chi connectivity index (χ3n) is 5.34. The summed E-state index contributed by atoms with van der Waals surface area (Å²) in [4.78, 5) is 21.6. The molecule has 0 spiro atoms. The van der Waals surface area contributed by atoms with E-state index in [2.05, 4.69) is 15.1 Å². The summed E-state index contributed by atoms with van der Waals surface area (Å²) in [5.74, 6) is -0.273. The molecule has 0 aliphatic carbocycles. The van der Waals surface area contributed by atoms with Crippen LogP contribution >= 0.6 is 22.9 Å². The van der Waals surface area contributed by atoms with Crippen LogP contribution in [0.15, 0.2) is 47.8 Å². The summed E-state index contributed by atoms with van der Waals surface area (Å²) in [6.45, 7) is 6.52. The molecule has 1 N–H and O–H groups in total. The topological polar surface area (TPSA) is 48.5 Å². The quantitative estimate of drug-likeness (QED) is 0.583. The van der Waals surface area contributed by atoms with Crippen molar-refractivity contribution in [1.29, 1.82) is 0 Å². The van der Waals surface area contributed by atoms with Gasteiger partial charge in [0.05, 0.1) is 18.8 Å². The molecule has 1 aromatic heterocycles. The van der Waals surface area contributed by atoms with Gasteiger partial charge in [-0.1, -0.05) is 17.7 Å². The first-order valence-electron chi connectivity index (χ1n) is 10.2. The van der Waals surface area contributed by atoms with Gasteiger partial charge in [0.1, 0.15) is 10.8 Å². The molecule has 1 aliphatic rings. The molecule has 0 saturated carbocycles. The first-order valence-corrected chi connectivity index (χ1v) is 11.4. The van der Waals surface area contributed by atoms with Crippen LogP contribution < -0.4 is 5.32 Å². The van der Waals surface area contributed by atoms with Crippen LogP contribution in [0.4, 0.5) is 10.1 Å². The van der Waals surface area contributed by atoms with Gasteiger partial charge in [-0.15, -0.1) is 11.3 Å². The normalized spacial score (nSPS) is 15.2. The molecule has 8 heteroatoms. The highest BCUT2D eigenvalue weighted by Crippen LogP contribution is 2.23. The third-order valence-corrected chi connectivity index (χ3v) is 6.58. The molecule has 2 heterocycles. The van der Waals surface area contributed by atoms with E-state index in [0.29, 0.717) is 11.6 Å². The second-order valence-electron chi connectivity index (χ2n) is 7.70. The Morgan fingerprint density at radius 1 is 1.13 bits per heavy atom. The van der Waals surface area contributed by atoms with Crippen molar-refractivity contribution in [3.63, 3.8) is 0 Å². The number of amides is 1. The van der Waals surface area contributed by atoms with Crippen LogP contribution in [0, 0.1) is 12.7 Å². The van der Waals surface area contributed by atoms with Gasteiger partial charge in [0, 0.05) is 47.8 Å². The fourth-order valence-corrected chi connectivity index (χ4v) is 4.53. The number of halogens is 2. The minimum Gasteiger partial charge on any atom is -0.325 e. The Morgan fingerprint density at radius 2 is 1.84 bits per heavy atom. The number of nitrogens with one attached hydrogen (secondary N) is 1. The highest BCUT2D eigenvalue weighted by molar-refractivity contribution is 7.09. The van der Waals surface area contributed by atoms with Crippen molar-refractivity contribution in [1.82, 2.24) is 14.8 Å². The minimum absolute atomic E-state index is 0.0303. The van der Waals surface area contributed by atoms with Crippen LogP contribution in [-0.2, 0) is 11.3 Å². The molecule has 3 aromatic rings. The second-order valence-corrected chi connectivity index (χ2v) is 9.05. The summed E-state index contributed by atoms with van der Waals surface area (Å²) in [5, 5.41) is 6.63. The van der Waals surface area contributed by atoms with E-state index >= 15 is 0 Å². The van der Waals surface area contributed by atoms with E-state index < -0.39 is 0 Å². The van der Waals surface area contributed by atoms with Gasteiger partial charge >= 0.3 is 0 Å². The number of carbonyl (C=O) groups is 1. The molecule has 0 unspecified atom stereocenters. The first-order chi connectivity index (χ1) is 15.0. The van der Waals surface area contributed by atoms with E-state index in [9.17, 15) is 9.18 Å². The van der Waals surface area contributed by atoms with Gasteiger partial charge in [-0.25, -0.2) is 9.37 Å². The number of hydrogen-bond donors (Lipinski definition) is 1. The van der Waals surface area contributed by atoms with Crippen LogP contribution in [0.1, 0.15) is 10.6 Å². The van der Waals surface area contributed by atoms with Crippen LogP contribution in [0.3, 0.4) is 0 Å². The average Bonchev–Trinajstić information content (AvgIpc) is 3.21. The third kappa shape index (κ3) is 5.89. The summed E-state index contributed by atoms with van der Waals surface area (Å²) in [7, 11) is 0. The van der Waals surface area contributed by atoms with E-state index in [4.69, 9.17) is 16.6 Å². The lowest BCUT2D eigenvalue weighted by atomic mass is 10.2. The van der Waals surface area contributed by atoms with Crippen molar-refractivity contribution in [3.8, 4) is 11.3 Å². The molecule has 2 aromatic carbocycles. The van der Waals surface area contributed by atoms with Crippen molar-refractivity contribution in [2.75, 3.05) is 38.0 Å². The molecular formula is C23H24ClFN4OS. The summed E-state index contributed by atoms with van der Waals surface area (Å²) in [5.41, 5.74) is 3.52. The smallest absolute Gasteiger partial charge is 0.238 e. The fraction of sp³-hybridized carbons (Fsp3) is 0.304. The van der Waals surface area contributed by atoms with Gasteiger partial charge in [-0.2, -0.15) is 0 Å². The molecule has 0 bridgehead atoms. The number of aryl methyl sites for hydroxylation is 1. The lowest BCUT2D eigenvalue weighted by Gasteiger charge is -2.33. The SMILES string of the molecule is Cc1ccc(NC(=O)CN2CCN(Cc3nc(-c4ccc(F)cc4)cs3)CC2)cc1Cl. The highest BCUT2D eigenvalue weighted by atomic mass is 35.5. The van der Waals surface area contributed by atoms with Gasteiger partial charge in [0.15, 0.2) is 0 Å². The van der Waals surface area contributed by atoms with Gasteiger partial charge in [0.2, 0.25) is 5.91 Å². The van der Waals surface area contributed by atoms with Crippen molar-refractivity contribution in [3.05, 3.63) is 69.3 Å². The number of anilines is 1. The molecule has 1 aliphatic heterocycles. The molecule has 0 atom stereocenters. The number of rotatable bonds is 6. The Labute approximate surface area is 190 Å². The lowest BCUT2D eigenvalue weighted by Crippen LogP contribution is -2.48. The van der Waals surface area contributed by atoms with E-state index in [1.54, 1.807) is 29.5 Å². The number of aromatic nitrogens is 1. The molecule has 0 radical (unpaired) electrons. The average molecular weight is 459 g/mol. The first kappa shape index (κ1) is 21.9. The molecular weight excluding hydrogens is 435 g/mol. The standard InChI is InChI=1S/C23H24ClFN4OS/c1-16-2-7-19(12-20(16)24)26-22(30)13-28-8-10-29(11-9-28)14-23-27-21(15-31-23)17-3-5-18(25)6-4-17/h2-7,12,15H,8-11,13-14H2,1H3,(H,26,30). The Morgan fingerprint density at radius 3 is 2.55 bits per heavy atom. The summed E-state index contributed by atoms with van der Waals surface area (Å²) >= 11 is 7.75. The molecule has 31 heavy (non-hydrogen) atoms. The largest absolute Gasteiger partial charge is 0.325 e. The van der Waals surface area contributed by atoms with Crippen LogP contribution in [-0.4, -0.2) is 53.4 Å². The highest BCUT2D eigenvalue weighted by Gasteiger charge is 2.20. The molecule has 1 fully saturated rings. The molecule has 162 valence electrons. The van der Waals surface area contributed by atoms with E-state index in [1.807, 2.05) is 24.4 Å². The van der Waals surface area contributed by atoms with E-state index in [-0.39, 0.29) is 11.7 Å². The minimum atomic E-state index is -0.242. The molecule has 5 nitrogen and oxygen atoms in total. The monoisotopic (exact) mass is 458 g/mol. The number of carbonyl (C=O) groups excluding carboxylic acids is 1. The van der Waals surface area contributed by atoms with Crippen molar-refractivity contribution in [2.45, 2.75) is 13.5 Å². The number of nitrogens with zero attached hydrogens (tertiary/aromatic N) is 3. The fourth-order valence-electron chi connectivity index (χ4n) is 3.51. The Balaban J connectivity index is 1.24.